The third kappa shape index (κ3) is 4.62. The second kappa shape index (κ2) is 8.33. The van der Waals surface area contributed by atoms with Crippen LogP contribution >= 0.6 is 34.8 Å². The molecule has 5 N–H and O–H groups in total. The number of carbonyl (C=O) groups is 1. The van der Waals surface area contributed by atoms with Gasteiger partial charge in [0, 0.05) is 11.6 Å². The molecule has 0 saturated carbocycles. The third-order valence-electron chi connectivity index (χ3n) is 3.70. The van der Waals surface area contributed by atoms with Gasteiger partial charge in [0.25, 0.3) is 0 Å². The minimum absolute atomic E-state index is 0.276. The van der Waals surface area contributed by atoms with Gasteiger partial charge in [-0.25, -0.2) is 10.9 Å². The lowest BCUT2D eigenvalue weighted by Gasteiger charge is -2.20. The van der Waals surface area contributed by atoms with E-state index in [1.54, 1.807) is 0 Å². The van der Waals surface area contributed by atoms with E-state index in [0.29, 0.717) is 17.3 Å². The molecule has 1 amide bonds. The molecule has 1 saturated heterocycles. The lowest BCUT2D eigenvalue weighted by Crippen LogP contribution is -2.51. The van der Waals surface area contributed by atoms with Crippen molar-refractivity contribution in [1.29, 1.82) is 0 Å². The van der Waals surface area contributed by atoms with Crippen molar-refractivity contribution in [3.63, 3.8) is 0 Å². The second-order valence-electron chi connectivity index (χ2n) is 5.47. The minimum atomic E-state index is -0.577. The van der Waals surface area contributed by atoms with Gasteiger partial charge in [-0.15, -0.1) is 0 Å². The number of halogens is 3. The largest absolute Gasteiger partial charge is 0.322 e. The summed E-state index contributed by atoms with van der Waals surface area (Å²) in [6.07, 6.45) is -0.329. The van der Waals surface area contributed by atoms with Crippen molar-refractivity contribution >= 4 is 46.4 Å². The predicted molar refractivity (Wildman–Crippen MR) is 100 cm³/mol. The maximum Gasteiger partial charge on any atom is 0.246 e. The highest BCUT2D eigenvalue weighted by atomic mass is 35.5. The normalized spacial score (nSPS) is 19.8. The second-order valence-corrected chi connectivity index (χ2v) is 6.72. The molecule has 25 heavy (non-hydrogen) atoms. The van der Waals surface area contributed by atoms with E-state index in [9.17, 15) is 4.79 Å². The van der Waals surface area contributed by atoms with Crippen molar-refractivity contribution < 1.29 is 4.79 Å². The Hall–Kier alpha value is -1.38. The van der Waals surface area contributed by atoms with E-state index in [0.717, 1.165) is 5.56 Å². The van der Waals surface area contributed by atoms with Gasteiger partial charge in [-0.1, -0.05) is 65.1 Å². The van der Waals surface area contributed by atoms with Gasteiger partial charge in [-0.05, 0) is 17.7 Å². The molecule has 0 spiro atoms. The summed E-state index contributed by atoms with van der Waals surface area (Å²) in [7, 11) is 0. The Morgan fingerprint density at radius 2 is 1.72 bits per heavy atom. The first kappa shape index (κ1) is 18.4. The molecule has 0 bridgehead atoms. The number of hydrazine groups is 2. The molecule has 1 aliphatic rings. The topological polar surface area (TPSA) is 77.2 Å². The van der Waals surface area contributed by atoms with Gasteiger partial charge in [0.1, 0.15) is 6.04 Å². The van der Waals surface area contributed by atoms with Crippen molar-refractivity contribution in [3.8, 4) is 0 Å². The van der Waals surface area contributed by atoms with E-state index < -0.39 is 6.04 Å². The van der Waals surface area contributed by atoms with Crippen LogP contribution < -0.4 is 27.0 Å². The van der Waals surface area contributed by atoms with E-state index >= 15 is 0 Å². The van der Waals surface area contributed by atoms with Crippen LogP contribution in [0.1, 0.15) is 5.56 Å². The van der Waals surface area contributed by atoms with Crippen LogP contribution in [0.2, 0.25) is 15.1 Å². The highest BCUT2D eigenvalue weighted by molar-refractivity contribution is 6.42. The Kier molecular flexibility index (Phi) is 6.14. The van der Waals surface area contributed by atoms with Gasteiger partial charge in [-0.3, -0.25) is 10.1 Å². The van der Waals surface area contributed by atoms with Gasteiger partial charge in [-0.2, -0.15) is 5.53 Å². The maximum atomic E-state index is 12.6. The van der Waals surface area contributed by atoms with Gasteiger partial charge < -0.3 is 5.32 Å². The van der Waals surface area contributed by atoms with E-state index in [4.69, 9.17) is 34.8 Å². The number of benzene rings is 2. The number of carbonyl (C=O) groups excluding carboxylic acids is 1. The van der Waals surface area contributed by atoms with Crippen LogP contribution in [0.3, 0.4) is 0 Å². The molecule has 0 radical (unpaired) electrons. The first-order valence-electron chi connectivity index (χ1n) is 7.53. The maximum absolute atomic E-state index is 12.6. The number of amides is 1. The molecule has 1 heterocycles. The number of hydrogen-bond acceptors (Lipinski definition) is 5. The molecular formula is C16H16Cl3N5O. The highest BCUT2D eigenvalue weighted by Crippen LogP contribution is 2.33. The summed E-state index contributed by atoms with van der Waals surface area (Å²) in [4.78, 5) is 12.6. The predicted octanol–water partition coefficient (Wildman–Crippen LogP) is 2.68. The highest BCUT2D eigenvalue weighted by Gasteiger charge is 2.33. The summed E-state index contributed by atoms with van der Waals surface area (Å²) in [5.41, 5.74) is 10.0. The summed E-state index contributed by atoms with van der Waals surface area (Å²) in [5, 5.41) is 6.95. The number of hydrogen-bond donors (Lipinski definition) is 5. The molecule has 2 atom stereocenters. The fourth-order valence-electron chi connectivity index (χ4n) is 2.44. The Morgan fingerprint density at radius 3 is 2.40 bits per heavy atom. The molecule has 6 nitrogen and oxygen atoms in total. The standard InChI is InChI=1S/C16H16Cl3N5O/c17-10-6-11(18)13(12(19)7-10)21-16(25)14-15(23-24-22-14)20-8-9-4-2-1-3-5-9/h1-7,14-15,20,22-24H,8H2,(H,21,25). The summed E-state index contributed by atoms with van der Waals surface area (Å²) < 4.78 is 0. The first-order valence-corrected chi connectivity index (χ1v) is 8.67. The van der Waals surface area contributed by atoms with E-state index in [1.165, 1.54) is 12.1 Å². The molecule has 3 rings (SSSR count). The molecule has 9 heteroatoms. The van der Waals surface area contributed by atoms with Gasteiger partial charge in [0.15, 0.2) is 0 Å². The molecule has 0 aromatic heterocycles. The first-order chi connectivity index (χ1) is 12.0. The average Bonchev–Trinajstić information content (AvgIpc) is 3.05. The molecule has 2 aromatic carbocycles. The van der Waals surface area contributed by atoms with Crippen LogP contribution in [0.5, 0.6) is 0 Å². The van der Waals surface area contributed by atoms with E-state index in [-0.39, 0.29) is 22.1 Å². The summed E-state index contributed by atoms with van der Waals surface area (Å²) in [5.74, 6) is -0.297. The van der Waals surface area contributed by atoms with Crippen LogP contribution in [-0.2, 0) is 11.3 Å². The van der Waals surface area contributed by atoms with Gasteiger partial charge in [0.05, 0.1) is 21.9 Å². The fraction of sp³-hybridized carbons (Fsp3) is 0.188. The molecule has 0 aliphatic carbocycles. The fourth-order valence-corrected chi connectivity index (χ4v) is 3.35. The Morgan fingerprint density at radius 1 is 1.04 bits per heavy atom. The third-order valence-corrected chi connectivity index (χ3v) is 4.51. The van der Waals surface area contributed by atoms with Crippen molar-refractivity contribution in [2.45, 2.75) is 18.8 Å². The van der Waals surface area contributed by atoms with Crippen LogP contribution in [0.4, 0.5) is 5.69 Å². The summed E-state index contributed by atoms with van der Waals surface area (Å²) >= 11 is 18.1. The van der Waals surface area contributed by atoms with Crippen LogP contribution in [0.25, 0.3) is 0 Å². The van der Waals surface area contributed by atoms with Crippen LogP contribution in [0, 0.1) is 0 Å². The monoisotopic (exact) mass is 399 g/mol. The summed E-state index contributed by atoms with van der Waals surface area (Å²) in [6, 6.07) is 12.4. The van der Waals surface area contributed by atoms with Crippen molar-refractivity contribution in [2.24, 2.45) is 0 Å². The SMILES string of the molecule is O=C(Nc1c(Cl)cc(Cl)cc1Cl)C1NNNC1NCc1ccccc1. The van der Waals surface area contributed by atoms with Crippen molar-refractivity contribution in [1.82, 2.24) is 21.7 Å². The van der Waals surface area contributed by atoms with E-state index in [1.807, 2.05) is 30.3 Å². The van der Waals surface area contributed by atoms with Gasteiger partial charge in [0.2, 0.25) is 5.91 Å². The Labute approximate surface area is 160 Å². The Balaban J connectivity index is 1.65. The number of anilines is 1. The zero-order chi connectivity index (χ0) is 17.8. The summed E-state index contributed by atoms with van der Waals surface area (Å²) in [6.45, 7) is 0.605. The number of rotatable bonds is 5. The minimum Gasteiger partial charge on any atom is -0.322 e. The molecule has 1 fully saturated rings. The zero-order valence-electron chi connectivity index (χ0n) is 12.9. The van der Waals surface area contributed by atoms with Gasteiger partial charge >= 0.3 is 0 Å². The molecule has 2 aromatic rings. The van der Waals surface area contributed by atoms with Crippen LogP contribution in [0.15, 0.2) is 42.5 Å². The molecular weight excluding hydrogens is 385 g/mol. The Bertz CT molecular complexity index is 736. The van der Waals surface area contributed by atoms with Crippen molar-refractivity contribution in [3.05, 3.63) is 63.1 Å². The molecule has 1 aliphatic heterocycles. The molecule has 132 valence electrons. The average molecular weight is 401 g/mol. The lowest BCUT2D eigenvalue weighted by molar-refractivity contribution is -0.118. The van der Waals surface area contributed by atoms with Crippen LogP contribution in [-0.4, -0.2) is 18.1 Å². The quantitative estimate of drug-likeness (QED) is 0.533. The van der Waals surface area contributed by atoms with E-state index in [2.05, 4.69) is 27.0 Å². The molecule has 2 unspecified atom stereocenters. The number of nitrogens with one attached hydrogen (secondary N) is 5. The zero-order valence-corrected chi connectivity index (χ0v) is 15.2. The van der Waals surface area contributed by atoms with Crippen molar-refractivity contribution in [2.75, 3.05) is 5.32 Å². The smallest absolute Gasteiger partial charge is 0.246 e. The lowest BCUT2D eigenvalue weighted by atomic mass is 10.2.